The standard InChI is InChI=1S/C22H17N3O3S/c1-26-15-11-18(27-2)20-19(12-15)29-22(25-20)23-14-7-5-6-13(10-14)21-24-16-8-3-4-9-17(16)28-21/h3-12H,1-2H3,(H,23,25). The normalized spacial score (nSPS) is 11.1. The molecule has 0 aliphatic carbocycles. The van der Waals surface area contributed by atoms with Crippen molar-refractivity contribution in [2.24, 2.45) is 0 Å². The zero-order chi connectivity index (χ0) is 19.8. The Hall–Kier alpha value is -3.58. The number of para-hydroxylation sites is 2. The van der Waals surface area contributed by atoms with E-state index in [0.29, 0.717) is 11.6 Å². The number of nitrogens with zero attached hydrogens (tertiary/aromatic N) is 2. The number of rotatable bonds is 5. The molecule has 0 saturated carbocycles. The highest BCUT2D eigenvalue weighted by Crippen LogP contribution is 2.37. The van der Waals surface area contributed by atoms with E-state index in [0.717, 1.165) is 43.4 Å². The van der Waals surface area contributed by atoms with E-state index in [9.17, 15) is 0 Å². The van der Waals surface area contributed by atoms with Gasteiger partial charge in [0.15, 0.2) is 10.7 Å². The van der Waals surface area contributed by atoms with Crippen molar-refractivity contribution in [1.29, 1.82) is 0 Å². The second-order valence-electron chi connectivity index (χ2n) is 6.39. The maximum Gasteiger partial charge on any atom is 0.227 e. The molecular weight excluding hydrogens is 386 g/mol. The number of hydrogen-bond acceptors (Lipinski definition) is 7. The molecule has 0 unspecified atom stereocenters. The number of thiazole rings is 1. The van der Waals surface area contributed by atoms with Crippen molar-refractivity contribution >= 4 is 43.5 Å². The summed E-state index contributed by atoms with van der Waals surface area (Å²) in [5, 5.41) is 4.13. The van der Waals surface area contributed by atoms with E-state index in [4.69, 9.17) is 13.9 Å². The number of fused-ring (bicyclic) bond motifs is 2. The molecule has 0 bridgehead atoms. The maximum atomic E-state index is 5.88. The summed E-state index contributed by atoms with van der Waals surface area (Å²) in [5.41, 5.74) is 4.21. The first-order valence-corrected chi connectivity index (χ1v) is 9.81. The first kappa shape index (κ1) is 17.5. The Morgan fingerprint density at radius 1 is 0.931 bits per heavy atom. The van der Waals surface area contributed by atoms with Crippen LogP contribution in [-0.4, -0.2) is 24.2 Å². The third-order valence-electron chi connectivity index (χ3n) is 4.54. The van der Waals surface area contributed by atoms with E-state index in [1.807, 2.05) is 60.7 Å². The molecule has 5 aromatic rings. The molecule has 0 fully saturated rings. The van der Waals surface area contributed by atoms with Gasteiger partial charge in [-0.25, -0.2) is 9.97 Å². The summed E-state index contributed by atoms with van der Waals surface area (Å²) < 4.78 is 17.7. The Morgan fingerprint density at radius 2 is 1.83 bits per heavy atom. The average Bonchev–Trinajstić information content (AvgIpc) is 3.36. The fraction of sp³-hybridized carbons (Fsp3) is 0.0909. The lowest BCUT2D eigenvalue weighted by Crippen LogP contribution is -1.90. The average molecular weight is 403 g/mol. The Labute approximate surface area is 170 Å². The Balaban J connectivity index is 1.48. The van der Waals surface area contributed by atoms with Crippen LogP contribution in [0, 0.1) is 0 Å². The van der Waals surface area contributed by atoms with Crippen LogP contribution in [0.4, 0.5) is 10.8 Å². The minimum atomic E-state index is 0.588. The SMILES string of the molecule is COc1cc(OC)c2nc(Nc3cccc(-c4nc5ccccc5o4)c3)sc2c1. The van der Waals surface area contributed by atoms with Crippen LogP contribution in [0.25, 0.3) is 32.8 Å². The van der Waals surface area contributed by atoms with Crippen LogP contribution in [0.5, 0.6) is 11.5 Å². The number of ether oxygens (including phenoxy) is 2. The van der Waals surface area contributed by atoms with Gasteiger partial charge in [0.25, 0.3) is 0 Å². The molecule has 0 aliphatic heterocycles. The summed E-state index contributed by atoms with van der Waals surface area (Å²) in [6, 6.07) is 19.4. The van der Waals surface area contributed by atoms with Gasteiger partial charge in [-0.1, -0.05) is 29.5 Å². The van der Waals surface area contributed by atoms with Crippen molar-refractivity contribution in [1.82, 2.24) is 9.97 Å². The highest BCUT2D eigenvalue weighted by Gasteiger charge is 2.13. The second-order valence-corrected chi connectivity index (χ2v) is 7.42. The van der Waals surface area contributed by atoms with Crippen molar-refractivity contribution in [2.75, 3.05) is 19.5 Å². The van der Waals surface area contributed by atoms with Gasteiger partial charge >= 0.3 is 0 Å². The number of anilines is 2. The number of methoxy groups -OCH3 is 2. The molecule has 144 valence electrons. The zero-order valence-electron chi connectivity index (χ0n) is 15.8. The minimum Gasteiger partial charge on any atom is -0.497 e. The number of hydrogen-bond donors (Lipinski definition) is 1. The Kier molecular flexibility index (Phi) is 4.29. The predicted molar refractivity (Wildman–Crippen MR) is 115 cm³/mol. The van der Waals surface area contributed by atoms with Crippen molar-refractivity contribution < 1.29 is 13.9 Å². The van der Waals surface area contributed by atoms with Gasteiger partial charge in [-0.15, -0.1) is 0 Å². The third-order valence-corrected chi connectivity index (χ3v) is 5.46. The van der Waals surface area contributed by atoms with Crippen LogP contribution >= 0.6 is 11.3 Å². The van der Waals surface area contributed by atoms with Gasteiger partial charge in [-0.2, -0.15) is 0 Å². The van der Waals surface area contributed by atoms with Crippen molar-refractivity contribution in [3.63, 3.8) is 0 Å². The highest BCUT2D eigenvalue weighted by atomic mass is 32.1. The Morgan fingerprint density at radius 3 is 2.66 bits per heavy atom. The van der Waals surface area contributed by atoms with E-state index >= 15 is 0 Å². The van der Waals surface area contributed by atoms with E-state index in [-0.39, 0.29) is 0 Å². The third kappa shape index (κ3) is 3.25. The topological polar surface area (TPSA) is 69.4 Å². The summed E-state index contributed by atoms with van der Waals surface area (Å²) in [4.78, 5) is 9.25. The van der Waals surface area contributed by atoms with Crippen LogP contribution in [-0.2, 0) is 0 Å². The largest absolute Gasteiger partial charge is 0.497 e. The smallest absolute Gasteiger partial charge is 0.227 e. The summed E-state index contributed by atoms with van der Waals surface area (Å²) >= 11 is 1.54. The molecule has 0 amide bonds. The van der Waals surface area contributed by atoms with Crippen molar-refractivity contribution in [2.45, 2.75) is 0 Å². The lowest BCUT2D eigenvalue weighted by molar-refractivity contribution is 0.397. The molecule has 0 spiro atoms. The number of aromatic nitrogens is 2. The summed E-state index contributed by atoms with van der Waals surface area (Å²) in [6.45, 7) is 0. The number of nitrogens with one attached hydrogen (secondary N) is 1. The predicted octanol–water partition coefficient (Wildman–Crippen LogP) is 5.87. The molecular formula is C22H17N3O3S. The monoisotopic (exact) mass is 403 g/mol. The Bertz CT molecular complexity index is 1290. The molecule has 2 heterocycles. The quantitative estimate of drug-likeness (QED) is 0.396. The van der Waals surface area contributed by atoms with E-state index in [2.05, 4.69) is 15.3 Å². The highest BCUT2D eigenvalue weighted by molar-refractivity contribution is 7.22. The van der Waals surface area contributed by atoms with Crippen molar-refractivity contribution in [3.8, 4) is 23.0 Å². The van der Waals surface area contributed by atoms with Crippen LogP contribution in [0.1, 0.15) is 0 Å². The van der Waals surface area contributed by atoms with Gasteiger partial charge in [0.1, 0.15) is 22.5 Å². The van der Waals surface area contributed by atoms with Crippen LogP contribution in [0.2, 0.25) is 0 Å². The zero-order valence-corrected chi connectivity index (χ0v) is 16.6. The molecule has 0 saturated heterocycles. The molecule has 0 radical (unpaired) electrons. The molecule has 3 aromatic carbocycles. The van der Waals surface area contributed by atoms with Crippen LogP contribution < -0.4 is 14.8 Å². The molecule has 7 heteroatoms. The van der Waals surface area contributed by atoms with Gasteiger partial charge in [0.2, 0.25) is 5.89 Å². The summed E-state index contributed by atoms with van der Waals surface area (Å²) in [7, 11) is 3.27. The van der Waals surface area contributed by atoms with Crippen LogP contribution in [0.15, 0.2) is 65.1 Å². The molecule has 0 atom stereocenters. The fourth-order valence-electron chi connectivity index (χ4n) is 3.15. The van der Waals surface area contributed by atoms with Gasteiger partial charge in [0.05, 0.1) is 18.9 Å². The summed E-state index contributed by atoms with van der Waals surface area (Å²) in [5.74, 6) is 2.01. The second kappa shape index (κ2) is 7.10. The molecule has 2 aromatic heterocycles. The van der Waals surface area contributed by atoms with Gasteiger partial charge < -0.3 is 19.2 Å². The van der Waals surface area contributed by atoms with Crippen molar-refractivity contribution in [3.05, 3.63) is 60.7 Å². The molecule has 1 N–H and O–H groups in total. The first-order chi connectivity index (χ1) is 14.2. The lowest BCUT2D eigenvalue weighted by Gasteiger charge is -2.04. The van der Waals surface area contributed by atoms with Crippen LogP contribution in [0.3, 0.4) is 0 Å². The van der Waals surface area contributed by atoms with Gasteiger partial charge in [-0.05, 0) is 36.4 Å². The fourth-order valence-corrected chi connectivity index (χ4v) is 4.08. The van der Waals surface area contributed by atoms with E-state index in [1.54, 1.807) is 14.2 Å². The molecule has 0 aliphatic rings. The van der Waals surface area contributed by atoms with Gasteiger partial charge in [-0.3, -0.25) is 0 Å². The van der Waals surface area contributed by atoms with Gasteiger partial charge in [0, 0.05) is 17.3 Å². The lowest BCUT2D eigenvalue weighted by atomic mass is 10.2. The van der Waals surface area contributed by atoms with E-state index in [1.165, 1.54) is 11.3 Å². The first-order valence-electron chi connectivity index (χ1n) is 8.99. The summed E-state index contributed by atoms with van der Waals surface area (Å²) in [6.07, 6.45) is 0. The molecule has 5 rings (SSSR count). The minimum absolute atomic E-state index is 0.588. The maximum absolute atomic E-state index is 5.88. The number of benzene rings is 3. The van der Waals surface area contributed by atoms with E-state index < -0.39 is 0 Å². The molecule has 29 heavy (non-hydrogen) atoms. The molecule has 6 nitrogen and oxygen atoms in total. The number of oxazole rings is 1.